The van der Waals surface area contributed by atoms with Crippen molar-refractivity contribution in [3.63, 3.8) is 0 Å². The van der Waals surface area contributed by atoms with Crippen LogP contribution in [0, 0.1) is 6.92 Å². The number of anilines is 2. The summed E-state index contributed by atoms with van der Waals surface area (Å²) in [5.74, 6) is 1.24. The number of benzene rings is 2. The van der Waals surface area contributed by atoms with Crippen LogP contribution in [-0.2, 0) is 4.79 Å². The Morgan fingerprint density at radius 2 is 1.96 bits per heavy atom. The number of nitrogens with one attached hydrogen (secondary N) is 1. The molecular formula is C21H22N4O2. The second-order valence-corrected chi connectivity index (χ2v) is 6.88. The summed E-state index contributed by atoms with van der Waals surface area (Å²) in [6.45, 7) is 4.81. The normalized spacial score (nSPS) is 15.2. The molecule has 0 aliphatic carbocycles. The number of aromatic nitrogens is 2. The lowest BCUT2D eigenvalue weighted by Gasteiger charge is -2.17. The molecule has 27 heavy (non-hydrogen) atoms. The van der Waals surface area contributed by atoms with Gasteiger partial charge in [-0.25, -0.2) is 0 Å². The van der Waals surface area contributed by atoms with Crippen LogP contribution in [0.15, 0.2) is 52.9 Å². The smallest absolute Gasteiger partial charge is 0.247 e. The molecule has 2 aromatic carbocycles. The summed E-state index contributed by atoms with van der Waals surface area (Å²) >= 11 is 0. The molecule has 138 valence electrons. The SMILES string of the molecule is Cc1cccc(-c2nnc(C(C)Nc3ccc(N4CCCC4=O)cc3)o2)c1. The third-order valence-corrected chi connectivity index (χ3v) is 4.71. The molecule has 0 bridgehead atoms. The molecule has 1 amide bonds. The summed E-state index contributed by atoms with van der Waals surface area (Å²) in [6.07, 6.45) is 1.56. The summed E-state index contributed by atoms with van der Waals surface area (Å²) in [4.78, 5) is 13.7. The predicted molar refractivity (Wildman–Crippen MR) is 105 cm³/mol. The van der Waals surface area contributed by atoms with Gasteiger partial charge in [-0.2, -0.15) is 0 Å². The quantitative estimate of drug-likeness (QED) is 0.731. The molecule has 0 spiro atoms. The van der Waals surface area contributed by atoms with E-state index in [1.165, 1.54) is 0 Å². The van der Waals surface area contributed by atoms with Crippen LogP contribution in [0.1, 0.15) is 37.3 Å². The average molecular weight is 362 g/mol. The zero-order valence-corrected chi connectivity index (χ0v) is 15.5. The predicted octanol–water partition coefficient (Wildman–Crippen LogP) is 4.34. The van der Waals surface area contributed by atoms with Gasteiger partial charge in [-0.15, -0.1) is 10.2 Å². The van der Waals surface area contributed by atoms with Crippen LogP contribution in [0.4, 0.5) is 11.4 Å². The highest BCUT2D eigenvalue weighted by Crippen LogP contribution is 2.26. The number of nitrogens with zero attached hydrogens (tertiary/aromatic N) is 3. The molecule has 6 heteroatoms. The molecule has 1 N–H and O–H groups in total. The first-order valence-corrected chi connectivity index (χ1v) is 9.17. The second-order valence-electron chi connectivity index (χ2n) is 6.88. The van der Waals surface area contributed by atoms with E-state index >= 15 is 0 Å². The highest BCUT2D eigenvalue weighted by atomic mass is 16.4. The van der Waals surface area contributed by atoms with E-state index in [1.807, 2.05) is 67.3 Å². The minimum absolute atomic E-state index is 0.129. The van der Waals surface area contributed by atoms with Gasteiger partial charge in [0.25, 0.3) is 0 Å². The van der Waals surface area contributed by atoms with Gasteiger partial charge in [-0.05, 0) is 56.7 Å². The van der Waals surface area contributed by atoms with Crippen LogP contribution < -0.4 is 10.2 Å². The Kier molecular flexibility index (Phi) is 4.62. The maximum atomic E-state index is 11.8. The number of carbonyl (C=O) groups is 1. The lowest BCUT2D eigenvalue weighted by molar-refractivity contribution is -0.117. The third-order valence-electron chi connectivity index (χ3n) is 4.71. The van der Waals surface area contributed by atoms with Crippen LogP contribution in [0.5, 0.6) is 0 Å². The zero-order chi connectivity index (χ0) is 18.8. The third kappa shape index (κ3) is 3.69. The van der Waals surface area contributed by atoms with Gasteiger partial charge in [0.15, 0.2) is 0 Å². The number of amides is 1. The zero-order valence-electron chi connectivity index (χ0n) is 15.5. The van der Waals surface area contributed by atoms with E-state index in [1.54, 1.807) is 0 Å². The van der Waals surface area contributed by atoms with Gasteiger partial charge in [-0.1, -0.05) is 17.7 Å². The topological polar surface area (TPSA) is 71.3 Å². The Morgan fingerprint density at radius 3 is 2.67 bits per heavy atom. The van der Waals surface area contributed by atoms with Crippen molar-refractivity contribution < 1.29 is 9.21 Å². The largest absolute Gasteiger partial charge is 0.418 e. The van der Waals surface area contributed by atoms with E-state index in [9.17, 15) is 4.79 Å². The molecule has 1 fully saturated rings. The van der Waals surface area contributed by atoms with Gasteiger partial charge < -0.3 is 14.6 Å². The van der Waals surface area contributed by atoms with Crippen LogP contribution in [0.2, 0.25) is 0 Å². The molecule has 1 aliphatic heterocycles. The van der Waals surface area contributed by atoms with Gasteiger partial charge in [-0.3, -0.25) is 4.79 Å². The van der Waals surface area contributed by atoms with Crippen molar-refractivity contribution in [2.24, 2.45) is 0 Å². The molecule has 1 aliphatic rings. The Bertz CT molecular complexity index is 949. The van der Waals surface area contributed by atoms with E-state index in [0.29, 0.717) is 18.2 Å². The molecule has 1 atom stereocenters. The first-order valence-electron chi connectivity index (χ1n) is 9.17. The number of aryl methyl sites for hydroxylation is 1. The van der Waals surface area contributed by atoms with Crippen LogP contribution in [-0.4, -0.2) is 22.6 Å². The maximum absolute atomic E-state index is 11.8. The molecule has 4 rings (SSSR count). The monoisotopic (exact) mass is 362 g/mol. The van der Waals surface area contributed by atoms with Crippen LogP contribution >= 0.6 is 0 Å². The lowest BCUT2D eigenvalue weighted by atomic mass is 10.1. The van der Waals surface area contributed by atoms with E-state index in [0.717, 1.165) is 35.5 Å². The fourth-order valence-corrected chi connectivity index (χ4v) is 3.27. The first kappa shape index (κ1) is 17.3. The Labute approximate surface area is 158 Å². The Hall–Kier alpha value is -3.15. The van der Waals surface area contributed by atoms with Gasteiger partial charge in [0.1, 0.15) is 6.04 Å². The number of hydrogen-bond donors (Lipinski definition) is 1. The molecule has 2 heterocycles. The lowest BCUT2D eigenvalue weighted by Crippen LogP contribution is -2.23. The fourth-order valence-electron chi connectivity index (χ4n) is 3.27. The van der Waals surface area contributed by atoms with Gasteiger partial charge >= 0.3 is 0 Å². The van der Waals surface area contributed by atoms with Gasteiger partial charge in [0.05, 0.1) is 0 Å². The summed E-state index contributed by atoms with van der Waals surface area (Å²) < 4.78 is 5.84. The number of carbonyl (C=O) groups excluding carboxylic acids is 1. The highest BCUT2D eigenvalue weighted by molar-refractivity contribution is 5.95. The maximum Gasteiger partial charge on any atom is 0.247 e. The summed E-state index contributed by atoms with van der Waals surface area (Å²) in [5.41, 5.74) is 3.94. The fraction of sp³-hybridized carbons (Fsp3) is 0.286. The van der Waals surface area contributed by atoms with Crippen molar-refractivity contribution in [2.75, 3.05) is 16.8 Å². The van der Waals surface area contributed by atoms with Crippen molar-refractivity contribution in [3.05, 3.63) is 60.0 Å². The summed E-state index contributed by atoms with van der Waals surface area (Å²) in [5, 5.41) is 11.7. The molecular weight excluding hydrogens is 340 g/mol. The van der Waals surface area contributed by atoms with Crippen molar-refractivity contribution in [1.82, 2.24) is 10.2 Å². The standard InChI is InChI=1S/C21H22N4O2/c1-14-5-3-6-16(13-14)21-24-23-20(27-21)15(2)22-17-8-10-18(11-9-17)25-12-4-7-19(25)26/h3,5-6,8-11,13,15,22H,4,7,12H2,1-2H3. The first-order chi connectivity index (χ1) is 13.1. The minimum Gasteiger partial charge on any atom is -0.418 e. The van der Waals surface area contributed by atoms with Crippen LogP contribution in [0.25, 0.3) is 11.5 Å². The van der Waals surface area contributed by atoms with E-state index < -0.39 is 0 Å². The molecule has 0 saturated carbocycles. The molecule has 6 nitrogen and oxygen atoms in total. The molecule has 1 unspecified atom stereocenters. The molecule has 1 saturated heterocycles. The highest BCUT2D eigenvalue weighted by Gasteiger charge is 2.21. The van der Waals surface area contributed by atoms with E-state index in [4.69, 9.17) is 4.42 Å². The summed E-state index contributed by atoms with van der Waals surface area (Å²) in [7, 11) is 0. The Balaban J connectivity index is 1.45. The Morgan fingerprint density at radius 1 is 1.15 bits per heavy atom. The minimum atomic E-state index is -0.129. The molecule has 3 aromatic rings. The van der Waals surface area contributed by atoms with Gasteiger partial charge in [0, 0.05) is 29.9 Å². The average Bonchev–Trinajstić information content (AvgIpc) is 3.32. The summed E-state index contributed by atoms with van der Waals surface area (Å²) in [6, 6.07) is 15.7. The van der Waals surface area contributed by atoms with E-state index in [2.05, 4.69) is 15.5 Å². The van der Waals surface area contributed by atoms with Crippen molar-refractivity contribution in [2.45, 2.75) is 32.7 Å². The molecule has 0 radical (unpaired) electrons. The van der Waals surface area contributed by atoms with Crippen molar-refractivity contribution in [1.29, 1.82) is 0 Å². The molecule has 1 aromatic heterocycles. The number of hydrogen-bond acceptors (Lipinski definition) is 5. The van der Waals surface area contributed by atoms with Crippen molar-refractivity contribution in [3.8, 4) is 11.5 Å². The van der Waals surface area contributed by atoms with Gasteiger partial charge in [0.2, 0.25) is 17.7 Å². The van der Waals surface area contributed by atoms with Crippen LogP contribution in [0.3, 0.4) is 0 Å². The number of rotatable bonds is 5. The van der Waals surface area contributed by atoms with E-state index in [-0.39, 0.29) is 11.9 Å². The second kappa shape index (κ2) is 7.23. The van der Waals surface area contributed by atoms with Crippen molar-refractivity contribution >= 4 is 17.3 Å².